The van der Waals surface area contributed by atoms with Gasteiger partial charge >= 0.3 is 5.97 Å². The number of esters is 1. The van der Waals surface area contributed by atoms with E-state index in [9.17, 15) is 19.7 Å². The van der Waals surface area contributed by atoms with Crippen molar-refractivity contribution in [2.75, 3.05) is 4.90 Å². The molecule has 0 spiro atoms. The zero-order chi connectivity index (χ0) is 18.7. The number of hydrogen-bond donors (Lipinski definition) is 0. The van der Waals surface area contributed by atoms with Gasteiger partial charge in [-0.3, -0.25) is 19.8 Å². The van der Waals surface area contributed by atoms with Gasteiger partial charge in [-0.25, -0.2) is 4.79 Å². The Bertz CT molecular complexity index is 712. The fraction of sp³-hybridized carbons (Fsp3) is 0.579. The number of amides is 1. The van der Waals surface area contributed by atoms with Gasteiger partial charge in [0.2, 0.25) is 5.91 Å². The summed E-state index contributed by atoms with van der Waals surface area (Å²) in [7, 11) is 0. The molecule has 0 N–H and O–H groups in total. The first-order chi connectivity index (χ1) is 12.5. The lowest BCUT2D eigenvalue weighted by molar-refractivity contribution is -0.384. The molecular weight excluding hydrogens is 336 g/mol. The summed E-state index contributed by atoms with van der Waals surface area (Å²) in [5.41, 5.74) is 1.30. The van der Waals surface area contributed by atoms with E-state index in [0.29, 0.717) is 18.5 Å². The molecule has 0 radical (unpaired) electrons. The molecule has 7 heteroatoms. The number of fused-ring (bicyclic) bond motifs is 1. The number of hydrogen-bond acceptors (Lipinski definition) is 5. The van der Waals surface area contributed by atoms with E-state index in [1.54, 1.807) is 6.07 Å². The molecular formula is C19H24N2O5. The van der Waals surface area contributed by atoms with E-state index < -0.39 is 11.0 Å². The van der Waals surface area contributed by atoms with Gasteiger partial charge < -0.3 is 4.74 Å². The number of carbonyl (C=O) groups excluding carboxylic acids is 2. The maximum atomic E-state index is 12.7. The lowest BCUT2D eigenvalue weighted by Crippen LogP contribution is -2.48. The third-order valence-corrected chi connectivity index (χ3v) is 5.22. The van der Waals surface area contributed by atoms with Gasteiger partial charge in [-0.1, -0.05) is 13.3 Å². The average molecular weight is 360 g/mol. The van der Waals surface area contributed by atoms with Crippen LogP contribution in [0.2, 0.25) is 0 Å². The molecule has 1 saturated carbocycles. The molecule has 1 fully saturated rings. The number of nitrogens with zero attached hydrogens (tertiary/aromatic N) is 2. The third kappa shape index (κ3) is 3.71. The molecule has 1 aromatic rings. The fourth-order valence-electron chi connectivity index (χ4n) is 3.84. The highest BCUT2D eigenvalue weighted by atomic mass is 16.6. The molecule has 1 aliphatic heterocycles. The minimum Gasteiger partial charge on any atom is -0.461 e. The molecule has 1 aliphatic carbocycles. The van der Waals surface area contributed by atoms with Gasteiger partial charge in [0.25, 0.3) is 5.69 Å². The highest BCUT2D eigenvalue weighted by Crippen LogP contribution is 2.33. The summed E-state index contributed by atoms with van der Waals surface area (Å²) < 4.78 is 5.68. The largest absolute Gasteiger partial charge is 0.461 e. The van der Waals surface area contributed by atoms with E-state index in [1.807, 2.05) is 6.92 Å². The van der Waals surface area contributed by atoms with Crippen molar-refractivity contribution in [2.24, 2.45) is 0 Å². The van der Waals surface area contributed by atoms with Crippen molar-refractivity contribution in [1.82, 2.24) is 0 Å². The minimum absolute atomic E-state index is 0.00382. The van der Waals surface area contributed by atoms with Gasteiger partial charge in [0.1, 0.15) is 12.1 Å². The summed E-state index contributed by atoms with van der Waals surface area (Å²) in [4.78, 5) is 37.3. The molecule has 0 bridgehead atoms. The maximum absolute atomic E-state index is 12.7. The Kier molecular flexibility index (Phi) is 5.54. The Labute approximate surface area is 152 Å². The Morgan fingerprint density at radius 1 is 1.31 bits per heavy atom. The zero-order valence-electron chi connectivity index (χ0n) is 15.0. The highest BCUT2D eigenvalue weighted by molar-refractivity contribution is 6.02. The smallest absolute Gasteiger partial charge is 0.329 e. The normalized spacial score (nSPS) is 19.0. The summed E-state index contributed by atoms with van der Waals surface area (Å²) >= 11 is 0. The van der Waals surface area contributed by atoms with E-state index in [4.69, 9.17) is 4.74 Å². The Morgan fingerprint density at radius 2 is 2.04 bits per heavy atom. The van der Waals surface area contributed by atoms with Crippen LogP contribution in [0, 0.1) is 10.1 Å². The fourth-order valence-corrected chi connectivity index (χ4v) is 3.84. The number of nitro groups is 1. The van der Waals surface area contributed by atoms with Crippen LogP contribution < -0.4 is 4.90 Å². The minimum atomic E-state index is -0.690. The molecule has 1 heterocycles. The predicted molar refractivity (Wildman–Crippen MR) is 95.9 cm³/mol. The van der Waals surface area contributed by atoms with Crippen LogP contribution >= 0.6 is 0 Å². The molecule has 1 amide bonds. The predicted octanol–water partition coefficient (Wildman–Crippen LogP) is 3.53. The number of aryl methyl sites for hydroxylation is 1. The lowest BCUT2D eigenvalue weighted by Gasteiger charge is -2.35. The number of rotatable bonds is 5. The third-order valence-electron chi connectivity index (χ3n) is 5.22. The van der Waals surface area contributed by atoms with Gasteiger partial charge in [0.05, 0.1) is 4.92 Å². The summed E-state index contributed by atoms with van der Waals surface area (Å²) in [6.07, 6.45) is 6.09. The number of nitro benzene ring substituents is 1. The molecule has 2 aliphatic rings. The van der Waals surface area contributed by atoms with E-state index in [1.165, 1.54) is 23.5 Å². The van der Waals surface area contributed by atoms with Crippen molar-refractivity contribution in [3.63, 3.8) is 0 Å². The highest BCUT2D eigenvalue weighted by Gasteiger charge is 2.36. The van der Waals surface area contributed by atoms with Crippen molar-refractivity contribution >= 4 is 23.3 Å². The van der Waals surface area contributed by atoms with Crippen molar-refractivity contribution in [3.8, 4) is 0 Å². The maximum Gasteiger partial charge on any atom is 0.329 e. The summed E-state index contributed by atoms with van der Waals surface area (Å²) in [5, 5.41) is 11.0. The molecule has 0 saturated heterocycles. The van der Waals surface area contributed by atoms with Crippen LogP contribution in [-0.4, -0.2) is 28.9 Å². The van der Waals surface area contributed by atoms with Crippen LogP contribution in [0.1, 0.15) is 57.4 Å². The second kappa shape index (κ2) is 7.85. The molecule has 3 rings (SSSR count). The van der Waals surface area contributed by atoms with Gasteiger partial charge in [-0.15, -0.1) is 0 Å². The molecule has 26 heavy (non-hydrogen) atoms. The Hall–Kier alpha value is -2.44. The van der Waals surface area contributed by atoms with Crippen LogP contribution in [0.4, 0.5) is 11.4 Å². The van der Waals surface area contributed by atoms with Crippen LogP contribution in [0.3, 0.4) is 0 Å². The topological polar surface area (TPSA) is 89.8 Å². The standard InChI is InChI=1S/C19H24N2O5/c1-2-16(19(23)26-15-6-4-3-5-7-15)20-17-10-9-14(21(24)25)12-13(17)8-11-18(20)22/h9-10,12,15-16H,2-8,11H2,1H3. The number of anilines is 1. The Balaban J connectivity index is 1.84. The van der Waals surface area contributed by atoms with Crippen molar-refractivity contribution < 1.29 is 19.2 Å². The van der Waals surface area contributed by atoms with Crippen LogP contribution in [0.15, 0.2) is 18.2 Å². The van der Waals surface area contributed by atoms with Gasteiger partial charge in [0.15, 0.2) is 0 Å². The van der Waals surface area contributed by atoms with E-state index in [-0.39, 0.29) is 30.1 Å². The van der Waals surface area contributed by atoms with Gasteiger partial charge in [-0.2, -0.15) is 0 Å². The van der Waals surface area contributed by atoms with Crippen molar-refractivity contribution in [2.45, 2.75) is 70.4 Å². The van der Waals surface area contributed by atoms with Crippen molar-refractivity contribution in [1.29, 1.82) is 0 Å². The molecule has 1 unspecified atom stereocenters. The first-order valence-corrected chi connectivity index (χ1v) is 9.31. The zero-order valence-corrected chi connectivity index (χ0v) is 15.0. The van der Waals surface area contributed by atoms with E-state index in [2.05, 4.69) is 0 Å². The van der Waals surface area contributed by atoms with Crippen LogP contribution in [0.25, 0.3) is 0 Å². The van der Waals surface area contributed by atoms with Crippen LogP contribution in [0.5, 0.6) is 0 Å². The second-order valence-electron chi connectivity index (χ2n) is 6.95. The first kappa shape index (κ1) is 18.4. The van der Waals surface area contributed by atoms with Gasteiger partial charge in [-0.05, 0) is 50.2 Å². The molecule has 7 nitrogen and oxygen atoms in total. The molecule has 1 atom stereocenters. The van der Waals surface area contributed by atoms with E-state index in [0.717, 1.165) is 31.2 Å². The van der Waals surface area contributed by atoms with E-state index >= 15 is 0 Å². The molecule has 140 valence electrons. The Morgan fingerprint density at radius 3 is 2.69 bits per heavy atom. The quantitative estimate of drug-likeness (QED) is 0.455. The van der Waals surface area contributed by atoms with Gasteiger partial charge in [0, 0.05) is 24.2 Å². The number of benzene rings is 1. The summed E-state index contributed by atoms with van der Waals surface area (Å²) in [5.74, 6) is -0.516. The van der Waals surface area contributed by atoms with Crippen LogP contribution in [-0.2, 0) is 20.7 Å². The monoisotopic (exact) mass is 360 g/mol. The number of carbonyl (C=O) groups is 2. The SMILES string of the molecule is CCC(C(=O)OC1CCCCC1)N1C(=O)CCc2cc([N+](=O)[O-])ccc21. The van der Waals surface area contributed by atoms with Crippen molar-refractivity contribution in [3.05, 3.63) is 33.9 Å². The average Bonchev–Trinajstić information content (AvgIpc) is 2.64. The summed E-state index contributed by atoms with van der Waals surface area (Å²) in [6.45, 7) is 1.85. The summed E-state index contributed by atoms with van der Waals surface area (Å²) in [6, 6.07) is 3.75. The lowest BCUT2D eigenvalue weighted by atomic mass is 9.97. The number of ether oxygens (including phenoxy) is 1. The number of non-ortho nitro benzene ring substituents is 1. The molecule has 0 aromatic heterocycles. The first-order valence-electron chi connectivity index (χ1n) is 9.31. The molecule has 1 aromatic carbocycles. The second-order valence-corrected chi connectivity index (χ2v) is 6.95.